The summed E-state index contributed by atoms with van der Waals surface area (Å²) in [5.74, 6) is 7.96. The van der Waals surface area contributed by atoms with E-state index in [0.29, 0.717) is 6.04 Å². The molecule has 0 spiro atoms. The summed E-state index contributed by atoms with van der Waals surface area (Å²) in [7, 11) is 1.83. The molecule has 0 aromatic heterocycles. The van der Waals surface area contributed by atoms with E-state index in [-0.39, 0.29) is 0 Å². The zero-order chi connectivity index (χ0) is 6.15. The van der Waals surface area contributed by atoms with Gasteiger partial charge in [0.2, 0.25) is 0 Å². The number of nitrogens with one attached hydrogen (secondary N) is 1. The Balaban J connectivity index is 2.26. The Bertz CT molecular complexity index is 75.8. The van der Waals surface area contributed by atoms with Crippen molar-refractivity contribution >= 4 is 0 Å². The lowest BCUT2D eigenvalue weighted by Crippen LogP contribution is -2.39. The quantitative estimate of drug-likeness (QED) is 0.475. The van der Waals surface area contributed by atoms with Crippen molar-refractivity contribution in [1.82, 2.24) is 5.01 Å². The summed E-state index contributed by atoms with van der Waals surface area (Å²) in [6.45, 7) is 2.21. The standard InChI is InChI=1S/C6H13N2/c1-5-3-4-6(5)8(2)7/h5-7H,3-4H2,1-2H3/q-1. The molecule has 2 unspecified atom stereocenters. The smallest absolute Gasteiger partial charge is 0.00553 e. The van der Waals surface area contributed by atoms with E-state index < -0.39 is 0 Å². The summed E-state index contributed by atoms with van der Waals surface area (Å²) in [5, 5.41) is 1.58. The number of hydrogen-bond acceptors (Lipinski definition) is 1. The lowest BCUT2D eigenvalue weighted by molar-refractivity contribution is 0.138. The van der Waals surface area contributed by atoms with E-state index in [2.05, 4.69) is 6.92 Å². The van der Waals surface area contributed by atoms with Gasteiger partial charge in [-0.25, -0.2) is 0 Å². The molecule has 1 aliphatic carbocycles. The van der Waals surface area contributed by atoms with Crippen molar-refractivity contribution in [3.63, 3.8) is 0 Å². The molecule has 1 fully saturated rings. The Morgan fingerprint density at radius 3 is 2.12 bits per heavy atom. The molecule has 1 N–H and O–H groups in total. The summed E-state index contributed by atoms with van der Waals surface area (Å²) in [4.78, 5) is 0. The first-order valence-corrected chi connectivity index (χ1v) is 3.16. The highest BCUT2D eigenvalue weighted by atomic mass is 15.4. The van der Waals surface area contributed by atoms with Crippen LogP contribution in [0.15, 0.2) is 0 Å². The summed E-state index contributed by atoms with van der Waals surface area (Å²) in [6, 6.07) is 0.551. The predicted octanol–water partition coefficient (Wildman–Crippen LogP) is 1.68. The zero-order valence-electron chi connectivity index (χ0n) is 5.52. The number of rotatable bonds is 1. The van der Waals surface area contributed by atoms with Gasteiger partial charge < -0.3 is 10.9 Å². The molecule has 0 heterocycles. The first-order chi connectivity index (χ1) is 3.72. The second-order valence-electron chi connectivity index (χ2n) is 2.73. The molecule has 0 amide bonds. The highest BCUT2D eigenvalue weighted by molar-refractivity contribution is 4.84. The van der Waals surface area contributed by atoms with Crippen molar-refractivity contribution in [3.05, 3.63) is 5.84 Å². The second-order valence-corrected chi connectivity index (χ2v) is 2.73. The first-order valence-electron chi connectivity index (χ1n) is 3.16. The van der Waals surface area contributed by atoms with Crippen molar-refractivity contribution < 1.29 is 0 Å². The lowest BCUT2D eigenvalue weighted by atomic mass is 9.81. The molecular formula is C6H13N2-. The molecule has 1 rings (SSSR count). The molecule has 0 aliphatic heterocycles. The average molecular weight is 113 g/mol. The Morgan fingerprint density at radius 1 is 1.50 bits per heavy atom. The number of hydrogen-bond donors (Lipinski definition) is 0. The number of nitrogens with zero attached hydrogens (tertiary/aromatic N) is 1. The van der Waals surface area contributed by atoms with Gasteiger partial charge in [-0.05, 0) is 31.8 Å². The lowest BCUT2D eigenvalue weighted by Gasteiger charge is -2.44. The highest BCUT2D eigenvalue weighted by Gasteiger charge is 2.25. The minimum absolute atomic E-state index is 0.551. The van der Waals surface area contributed by atoms with Crippen LogP contribution in [0.4, 0.5) is 0 Å². The molecule has 0 aromatic carbocycles. The van der Waals surface area contributed by atoms with Crippen LogP contribution >= 0.6 is 0 Å². The van der Waals surface area contributed by atoms with Crippen molar-refractivity contribution in [2.24, 2.45) is 5.92 Å². The second kappa shape index (κ2) is 2.03. The van der Waals surface area contributed by atoms with Gasteiger partial charge in [-0.3, -0.25) is 0 Å². The van der Waals surface area contributed by atoms with E-state index in [4.69, 9.17) is 5.84 Å². The van der Waals surface area contributed by atoms with E-state index in [1.54, 1.807) is 5.01 Å². The summed E-state index contributed by atoms with van der Waals surface area (Å²) < 4.78 is 0. The molecule has 2 heteroatoms. The van der Waals surface area contributed by atoms with Crippen molar-refractivity contribution in [3.8, 4) is 0 Å². The van der Waals surface area contributed by atoms with Gasteiger partial charge >= 0.3 is 0 Å². The van der Waals surface area contributed by atoms with Gasteiger partial charge in [0.1, 0.15) is 0 Å². The fourth-order valence-electron chi connectivity index (χ4n) is 1.22. The van der Waals surface area contributed by atoms with Crippen LogP contribution < -0.4 is 0 Å². The van der Waals surface area contributed by atoms with Crippen molar-refractivity contribution in [2.45, 2.75) is 25.8 Å². The minimum atomic E-state index is 0.551. The topological polar surface area (TPSA) is 27.0 Å². The molecule has 2 atom stereocenters. The van der Waals surface area contributed by atoms with Gasteiger partial charge in [0.15, 0.2) is 0 Å². The molecular weight excluding hydrogens is 100 g/mol. The summed E-state index contributed by atoms with van der Waals surface area (Å²) in [6.07, 6.45) is 2.54. The zero-order valence-corrected chi connectivity index (χ0v) is 5.52. The SMILES string of the molecule is CC1CCC1N(C)[NH-]. The molecule has 1 aliphatic rings. The normalized spacial score (nSPS) is 37.5. The van der Waals surface area contributed by atoms with E-state index in [1.165, 1.54) is 12.8 Å². The molecule has 0 aromatic rings. The Kier molecular flexibility index (Phi) is 1.54. The van der Waals surface area contributed by atoms with E-state index in [9.17, 15) is 0 Å². The average Bonchev–Trinajstić information content (AvgIpc) is 1.61. The molecule has 8 heavy (non-hydrogen) atoms. The van der Waals surface area contributed by atoms with E-state index >= 15 is 0 Å². The minimum Gasteiger partial charge on any atom is -0.610 e. The summed E-state index contributed by atoms with van der Waals surface area (Å²) in [5.41, 5.74) is 0. The summed E-state index contributed by atoms with van der Waals surface area (Å²) >= 11 is 0. The fraction of sp³-hybridized carbons (Fsp3) is 1.00. The molecule has 0 bridgehead atoms. The van der Waals surface area contributed by atoms with Crippen LogP contribution in [0.25, 0.3) is 5.84 Å². The van der Waals surface area contributed by atoms with Gasteiger partial charge in [-0.2, -0.15) is 0 Å². The van der Waals surface area contributed by atoms with Crippen molar-refractivity contribution in [1.29, 1.82) is 0 Å². The van der Waals surface area contributed by atoms with Gasteiger partial charge in [0.05, 0.1) is 0 Å². The van der Waals surface area contributed by atoms with Crippen LogP contribution in [0.1, 0.15) is 19.8 Å². The monoisotopic (exact) mass is 113 g/mol. The van der Waals surface area contributed by atoms with Crippen LogP contribution in [0.2, 0.25) is 0 Å². The van der Waals surface area contributed by atoms with Crippen LogP contribution in [-0.2, 0) is 0 Å². The van der Waals surface area contributed by atoms with Crippen LogP contribution in [0, 0.1) is 5.92 Å². The largest absolute Gasteiger partial charge is 0.610 e. The van der Waals surface area contributed by atoms with Crippen LogP contribution in [-0.4, -0.2) is 18.1 Å². The molecule has 0 saturated heterocycles. The third-order valence-electron chi connectivity index (χ3n) is 2.07. The van der Waals surface area contributed by atoms with Crippen LogP contribution in [0.5, 0.6) is 0 Å². The third kappa shape index (κ3) is 0.858. The van der Waals surface area contributed by atoms with Gasteiger partial charge in [0, 0.05) is 0 Å². The third-order valence-corrected chi connectivity index (χ3v) is 2.07. The maximum absolute atomic E-state index is 7.20. The van der Waals surface area contributed by atoms with E-state index in [0.717, 1.165) is 5.92 Å². The van der Waals surface area contributed by atoms with Crippen molar-refractivity contribution in [2.75, 3.05) is 7.05 Å². The molecule has 1 saturated carbocycles. The fourth-order valence-corrected chi connectivity index (χ4v) is 1.22. The Morgan fingerprint density at radius 2 is 2.12 bits per heavy atom. The van der Waals surface area contributed by atoms with Gasteiger partial charge in [-0.15, -0.1) is 0 Å². The Labute approximate surface area is 50.6 Å². The predicted molar refractivity (Wildman–Crippen MR) is 34.3 cm³/mol. The maximum atomic E-state index is 7.20. The molecule has 48 valence electrons. The molecule has 0 radical (unpaired) electrons. The first kappa shape index (κ1) is 6.05. The van der Waals surface area contributed by atoms with Crippen LogP contribution in [0.3, 0.4) is 0 Å². The highest BCUT2D eigenvalue weighted by Crippen LogP contribution is 2.30. The maximum Gasteiger partial charge on any atom is -0.00553 e. The van der Waals surface area contributed by atoms with E-state index in [1.807, 2.05) is 7.05 Å². The Hall–Kier alpha value is -0.0800. The van der Waals surface area contributed by atoms with Gasteiger partial charge in [0.25, 0.3) is 0 Å². The molecule has 2 nitrogen and oxygen atoms in total. The van der Waals surface area contributed by atoms with Gasteiger partial charge in [-0.1, -0.05) is 6.92 Å².